The molecule has 5 heterocycles. The molecule has 0 aliphatic carbocycles. The van der Waals surface area contributed by atoms with E-state index in [4.69, 9.17) is 4.74 Å². The molecule has 1 spiro atoms. The first-order chi connectivity index (χ1) is 28.8. The van der Waals surface area contributed by atoms with Crippen LogP contribution >= 0.6 is 0 Å². The Kier molecular flexibility index (Phi) is 6.56. The van der Waals surface area contributed by atoms with Gasteiger partial charge in [-0.25, -0.2) is 0 Å². The van der Waals surface area contributed by atoms with Crippen LogP contribution in [0.2, 0.25) is 0 Å². The van der Waals surface area contributed by atoms with E-state index in [1.807, 2.05) is 0 Å². The number of nitrogens with zero attached hydrogens (tertiary/aromatic N) is 2. The van der Waals surface area contributed by atoms with Crippen LogP contribution in [0.15, 0.2) is 176 Å². The Morgan fingerprint density at radius 2 is 0.847 bits per heavy atom. The predicted octanol–water partition coefficient (Wildman–Crippen LogP) is 8.53. The molecule has 0 fully saturated rings. The first-order valence-electron chi connectivity index (χ1n) is 21.0. The Morgan fingerprint density at radius 3 is 1.42 bits per heavy atom. The van der Waals surface area contributed by atoms with Crippen molar-refractivity contribution in [2.75, 3.05) is 9.80 Å². The van der Waals surface area contributed by atoms with E-state index in [0.717, 1.165) is 11.5 Å². The van der Waals surface area contributed by atoms with E-state index in [1.54, 1.807) is 0 Å². The van der Waals surface area contributed by atoms with Crippen molar-refractivity contribution in [1.29, 1.82) is 0 Å². The normalized spacial score (nSPS) is 16.9. The molecule has 0 bridgehead atoms. The summed E-state index contributed by atoms with van der Waals surface area (Å²) in [6, 6.07) is 66.7. The standard InChI is InChI=1S/C54H41BGeN2O/c1-53(2)35-20-16-21-36-50(35)55-51-37(53)22-17-31-47(51)59-48-33-32-46(49(52(48)55)54(36,3)4)58-44-29-14-10-25-40(44)56(41-26-11-15-30-45(41)58)38-23-8-12-27-42(38)57(34-18-6-5-7-19-34)43-28-13-9-24-39(43)56/h5-33H,1-4H3. The molecular weight excluding hydrogens is 776 g/mol. The van der Waals surface area contributed by atoms with Gasteiger partial charge in [0, 0.05) is 0 Å². The molecule has 0 N–H and O–H groups in total. The summed E-state index contributed by atoms with van der Waals surface area (Å²) in [6.07, 6.45) is 0. The molecule has 280 valence electrons. The van der Waals surface area contributed by atoms with Gasteiger partial charge in [-0.05, 0) is 0 Å². The van der Waals surface area contributed by atoms with E-state index >= 15 is 0 Å². The SMILES string of the molecule is CC1(C)c2cccc3c2B2c4c1cccc4C(C)(C)c1c(N4c5cccc[c]5[Ge]5([c]6ccccc6N(c6ccccc6)c6cccc[c]65)[c]5ccccc54)ccc(c12)O3. The molecule has 0 atom stereocenters. The number of hydrogen-bond donors (Lipinski definition) is 0. The van der Waals surface area contributed by atoms with Gasteiger partial charge in [-0.2, -0.15) is 0 Å². The van der Waals surface area contributed by atoms with E-state index in [2.05, 4.69) is 213 Å². The second kappa shape index (κ2) is 11.5. The molecule has 0 radical (unpaired) electrons. The number of fused-ring (bicyclic) bond motifs is 8. The predicted molar refractivity (Wildman–Crippen MR) is 248 cm³/mol. The van der Waals surface area contributed by atoms with E-state index < -0.39 is 13.3 Å². The Bertz CT molecular complexity index is 3040. The second-order valence-corrected chi connectivity index (χ2v) is 25.6. The molecule has 59 heavy (non-hydrogen) atoms. The van der Waals surface area contributed by atoms with Crippen molar-refractivity contribution in [3.8, 4) is 11.5 Å². The molecule has 0 unspecified atom stereocenters. The molecule has 5 aliphatic rings. The van der Waals surface area contributed by atoms with Crippen LogP contribution in [0, 0.1) is 0 Å². The first-order valence-corrected chi connectivity index (χ1v) is 25.2. The van der Waals surface area contributed by atoms with Crippen molar-refractivity contribution in [1.82, 2.24) is 0 Å². The summed E-state index contributed by atoms with van der Waals surface area (Å²) in [5.41, 5.74) is 16.8. The summed E-state index contributed by atoms with van der Waals surface area (Å²) < 4.78 is 12.9. The third-order valence-electron chi connectivity index (χ3n) is 14.5. The van der Waals surface area contributed by atoms with E-state index in [0.29, 0.717) is 0 Å². The van der Waals surface area contributed by atoms with E-state index in [9.17, 15) is 0 Å². The fourth-order valence-electron chi connectivity index (χ4n) is 12.3. The molecule has 0 amide bonds. The molecule has 0 saturated carbocycles. The van der Waals surface area contributed by atoms with Crippen molar-refractivity contribution < 1.29 is 4.74 Å². The zero-order valence-corrected chi connectivity index (χ0v) is 35.7. The van der Waals surface area contributed by atoms with Gasteiger partial charge in [-0.15, -0.1) is 0 Å². The van der Waals surface area contributed by atoms with Crippen molar-refractivity contribution in [3.05, 3.63) is 198 Å². The first kappa shape index (κ1) is 33.7. The number of anilines is 6. The number of ether oxygens (including phenoxy) is 1. The van der Waals surface area contributed by atoms with Crippen molar-refractivity contribution >= 4 is 88.1 Å². The molecule has 8 aromatic rings. The maximum absolute atomic E-state index is 7.02. The number of para-hydroxylation sites is 5. The Hall–Kier alpha value is -6.23. The Morgan fingerprint density at radius 1 is 0.390 bits per heavy atom. The van der Waals surface area contributed by atoms with Crippen molar-refractivity contribution in [2.45, 2.75) is 38.5 Å². The Labute approximate surface area is 349 Å². The number of hydrogen-bond acceptors (Lipinski definition) is 3. The van der Waals surface area contributed by atoms with Crippen LogP contribution in [0.4, 0.5) is 34.1 Å². The molecule has 3 nitrogen and oxygen atoms in total. The third-order valence-corrected chi connectivity index (χ3v) is 24.9. The molecule has 0 saturated heterocycles. The summed E-state index contributed by atoms with van der Waals surface area (Å²) in [6.45, 7) is 9.80. The van der Waals surface area contributed by atoms with Crippen LogP contribution < -0.4 is 48.5 Å². The second-order valence-electron chi connectivity index (χ2n) is 18.0. The van der Waals surface area contributed by atoms with Crippen molar-refractivity contribution in [2.24, 2.45) is 0 Å². The summed E-state index contributed by atoms with van der Waals surface area (Å²) in [7, 11) is 0. The third kappa shape index (κ3) is 4.01. The van der Waals surface area contributed by atoms with Crippen LogP contribution in [-0.2, 0) is 10.8 Å². The van der Waals surface area contributed by atoms with Gasteiger partial charge in [-0.3, -0.25) is 0 Å². The average Bonchev–Trinajstić information content (AvgIpc) is 3.27. The fourth-order valence-corrected chi connectivity index (χ4v) is 23.7. The molecule has 5 aliphatic heterocycles. The van der Waals surface area contributed by atoms with Gasteiger partial charge in [0.2, 0.25) is 0 Å². The van der Waals surface area contributed by atoms with Crippen LogP contribution in [-0.4, -0.2) is 20.0 Å². The van der Waals surface area contributed by atoms with Gasteiger partial charge < -0.3 is 0 Å². The monoisotopic (exact) mass is 818 g/mol. The quantitative estimate of drug-likeness (QED) is 0.163. The fraction of sp³-hybridized carbons (Fsp3) is 0.111. The zero-order chi connectivity index (χ0) is 39.4. The van der Waals surface area contributed by atoms with Gasteiger partial charge in [-0.1, -0.05) is 0 Å². The van der Waals surface area contributed by atoms with Crippen molar-refractivity contribution in [3.63, 3.8) is 0 Å². The molecule has 0 aromatic heterocycles. The van der Waals surface area contributed by atoms with Gasteiger partial charge in [0.05, 0.1) is 0 Å². The van der Waals surface area contributed by atoms with E-state index in [1.165, 1.54) is 90.4 Å². The van der Waals surface area contributed by atoms with Gasteiger partial charge in [0.1, 0.15) is 0 Å². The van der Waals surface area contributed by atoms with Gasteiger partial charge in [0.25, 0.3) is 0 Å². The number of rotatable bonds is 2. The van der Waals surface area contributed by atoms with Crippen LogP contribution in [0.1, 0.15) is 49.9 Å². The van der Waals surface area contributed by atoms with E-state index in [-0.39, 0.29) is 17.5 Å². The molecule has 5 heteroatoms. The molecule has 13 rings (SSSR count). The minimum absolute atomic E-state index is 0.104. The maximum atomic E-state index is 7.02. The summed E-state index contributed by atoms with van der Waals surface area (Å²) in [5.74, 6) is 1.98. The summed E-state index contributed by atoms with van der Waals surface area (Å²) >= 11 is -3.74. The zero-order valence-electron chi connectivity index (χ0n) is 33.6. The topological polar surface area (TPSA) is 15.7 Å². The summed E-state index contributed by atoms with van der Waals surface area (Å²) in [5, 5.41) is 0. The Balaban J connectivity index is 1.12. The minimum atomic E-state index is -3.74. The van der Waals surface area contributed by atoms with Crippen LogP contribution in [0.3, 0.4) is 0 Å². The summed E-state index contributed by atoms with van der Waals surface area (Å²) in [4.78, 5) is 5.13. The van der Waals surface area contributed by atoms with Crippen LogP contribution in [0.25, 0.3) is 0 Å². The van der Waals surface area contributed by atoms with Gasteiger partial charge >= 0.3 is 351 Å². The van der Waals surface area contributed by atoms with Gasteiger partial charge in [0.15, 0.2) is 0 Å². The molecule has 8 aromatic carbocycles. The number of benzene rings is 8. The van der Waals surface area contributed by atoms with Crippen LogP contribution in [0.5, 0.6) is 11.5 Å². The average molecular weight is 817 g/mol. The molecular formula is C54H41BGeN2O.